The Morgan fingerprint density at radius 2 is 1.72 bits per heavy atom. The SMILES string of the molecule is COc1cc(N/C=C(/C)N=N)cc(OC)c1OC. The van der Waals surface area contributed by atoms with Gasteiger partial charge in [-0.3, -0.25) is 0 Å². The van der Waals surface area contributed by atoms with Crippen LogP contribution in [-0.2, 0) is 0 Å². The highest BCUT2D eigenvalue weighted by molar-refractivity contribution is 5.63. The zero-order valence-electron chi connectivity index (χ0n) is 10.9. The van der Waals surface area contributed by atoms with Crippen molar-refractivity contribution in [1.29, 1.82) is 5.53 Å². The van der Waals surface area contributed by atoms with E-state index in [9.17, 15) is 0 Å². The van der Waals surface area contributed by atoms with Crippen LogP contribution in [0.4, 0.5) is 5.69 Å². The average Bonchev–Trinajstić information content (AvgIpc) is 2.43. The lowest BCUT2D eigenvalue weighted by Gasteiger charge is -2.14. The van der Waals surface area contributed by atoms with E-state index < -0.39 is 0 Å². The molecule has 0 aromatic heterocycles. The van der Waals surface area contributed by atoms with Crippen molar-refractivity contribution in [3.63, 3.8) is 0 Å². The molecule has 1 aromatic rings. The van der Waals surface area contributed by atoms with Gasteiger partial charge >= 0.3 is 0 Å². The lowest BCUT2D eigenvalue weighted by Crippen LogP contribution is -1.97. The van der Waals surface area contributed by atoms with Gasteiger partial charge in [0.1, 0.15) is 0 Å². The van der Waals surface area contributed by atoms with E-state index in [1.807, 2.05) is 0 Å². The van der Waals surface area contributed by atoms with Crippen molar-refractivity contribution in [3.8, 4) is 17.2 Å². The van der Waals surface area contributed by atoms with E-state index in [0.717, 1.165) is 5.69 Å². The number of methoxy groups -OCH3 is 3. The largest absolute Gasteiger partial charge is 0.493 e. The molecule has 18 heavy (non-hydrogen) atoms. The van der Waals surface area contributed by atoms with Crippen LogP contribution in [-0.4, -0.2) is 21.3 Å². The Bertz CT molecular complexity index is 433. The summed E-state index contributed by atoms with van der Waals surface area (Å²) >= 11 is 0. The minimum absolute atomic E-state index is 0.538. The molecule has 0 saturated carbocycles. The van der Waals surface area contributed by atoms with Crippen molar-refractivity contribution < 1.29 is 14.2 Å². The first kappa shape index (κ1) is 13.8. The minimum Gasteiger partial charge on any atom is -0.493 e. The van der Waals surface area contributed by atoms with E-state index in [1.165, 1.54) is 0 Å². The first-order valence-electron chi connectivity index (χ1n) is 5.27. The number of allylic oxidation sites excluding steroid dienone is 1. The van der Waals surface area contributed by atoms with Crippen molar-refractivity contribution in [2.75, 3.05) is 26.6 Å². The molecule has 0 atom stereocenters. The number of anilines is 1. The molecule has 0 saturated heterocycles. The summed E-state index contributed by atoms with van der Waals surface area (Å²) < 4.78 is 15.7. The van der Waals surface area contributed by atoms with E-state index in [-0.39, 0.29) is 0 Å². The monoisotopic (exact) mass is 251 g/mol. The van der Waals surface area contributed by atoms with Gasteiger partial charge in [0.2, 0.25) is 5.75 Å². The second-order valence-corrected chi connectivity index (χ2v) is 3.46. The lowest BCUT2D eigenvalue weighted by molar-refractivity contribution is 0.324. The molecular weight excluding hydrogens is 234 g/mol. The molecule has 0 aliphatic heterocycles. The Balaban J connectivity index is 3.11. The highest BCUT2D eigenvalue weighted by atomic mass is 16.5. The van der Waals surface area contributed by atoms with Gasteiger partial charge in [-0.25, -0.2) is 5.53 Å². The summed E-state index contributed by atoms with van der Waals surface area (Å²) in [5, 5.41) is 6.29. The predicted octanol–water partition coefficient (Wildman–Crippen LogP) is 3.02. The van der Waals surface area contributed by atoms with Crippen molar-refractivity contribution in [2.45, 2.75) is 6.92 Å². The Morgan fingerprint density at radius 1 is 1.17 bits per heavy atom. The summed E-state index contributed by atoms with van der Waals surface area (Å²) in [6.07, 6.45) is 1.62. The van der Waals surface area contributed by atoms with E-state index in [1.54, 1.807) is 46.6 Å². The van der Waals surface area contributed by atoms with E-state index in [2.05, 4.69) is 10.4 Å². The zero-order valence-corrected chi connectivity index (χ0v) is 10.9. The van der Waals surface area contributed by atoms with Gasteiger partial charge in [-0.2, -0.15) is 5.11 Å². The second-order valence-electron chi connectivity index (χ2n) is 3.46. The fourth-order valence-electron chi connectivity index (χ4n) is 1.38. The van der Waals surface area contributed by atoms with Crippen LogP contribution in [0.2, 0.25) is 0 Å². The zero-order chi connectivity index (χ0) is 13.5. The first-order valence-corrected chi connectivity index (χ1v) is 5.27. The molecule has 0 bridgehead atoms. The van der Waals surface area contributed by atoms with E-state index in [0.29, 0.717) is 22.9 Å². The number of nitrogens with one attached hydrogen (secondary N) is 2. The average molecular weight is 251 g/mol. The summed E-state index contributed by atoms with van der Waals surface area (Å²) in [6, 6.07) is 3.55. The molecule has 0 amide bonds. The third kappa shape index (κ3) is 3.13. The molecule has 0 aliphatic carbocycles. The standard InChI is InChI=1S/C12H17N3O3/c1-8(15-13)7-14-9-5-10(16-2)12(18-4)11(6-9)17-3/h5-7,13-14H,1-4H3/b8-7-,15-13?. The smallest absolute Gasteiger partial charge is 0.203 e. The number of benzene rings is 1. The van der Waals surface area contributed by atoms with Crippen LogP contribution in [0.15, 0.2) is 29.1 Å². The molecule has 1 aromatic carbocycles. The molecule has 6 heteroatoms. The highest BCUT2D eigenvalue weighted by Crippen LogP contribution is 2.39. The first-order chi connectivity index (χ1) is 8.65. The van der Waals surface area contributed by atoms with Gasteiger partial charge in [0.05, 0.1) is 27.0 Å². The minimum atomic E-state index is 0.538. The fraction of sp³-hybridized carbons (Fsp3) is 0.333. The van der Waals surface area contributed by atoms with Gasteiger partial charge in [-0.15, -0.1) is 0 Å². The molecule has 0 unspecified atom stereocenters. The van der Waals surface area contributed by atoms with Crippen LogP contribution < -0.4 is 19.5 Å². The van der Waals surface area contributed by atoms with Crippen LogP contribution in [0.5, 0.6) is 17.2 Å². The molecular formula is C12H17N3O3. The number of hydrogen-bond donors (Lipinski definition) is 2. The number of hydrogen-bond acceptors (Lipinski definition) is 6. The summed E-state index contributed by atoms with van der Waals surface area (Å²) in [7, 11) is 4.67. The van der Waals surface area contributed by atoms with Crippen LogP contribution in [0.25, 0.3) is 0 Å². The highest BCUT2D eigenvalue weighted by Gasteiger charge is 2.12. The molecule has 0 fully saturated rings. The van der Waals surface area contributed by atoms with Crippen molar-refractivity contribution in [3.05, 3.63) is 24.0 Å². The van der Waals surface area contributed by atoms with Crippen LogP contribution in [0, 0.1) is 5.53 Å². The van der Waals surface area contributed by atoms with E-state index in [4.69, 9.17) is 19.7 Å². The number of nitrogens with zero attached hydrogens (tertiary/aromatic N) is 1. The summed E-state index contributed by atoms with van der Waals surface area (Å²) in [6.45, 7) is 1.72. The van der Waals surface area contributed by atoms with Crippen LogP contribution >= 0.6 is 0 Å². The number of rotatable bonds is 6. The Morgan fingerprint density at radius 3 is 2.11 bits per heavy atom. The van der Waals surface area contributed by atoms with Gasteiger partial charge in [0, 0.05) is 24.0 Å². The maximum atomic E-state index is 6.84. The van der Waals surface area contributed by atoms with Gasteiger partial charge in [-0.1, -0.05) is 0 Å². The van der Waals surface area contributed by atoms with Gasteiger partial charge in [-0.05, 0) is 6.92 Å². The predicted molar refractivity (Wildman–Crippen MR) is 68.6 cm³/mol. The fourth-order valence-corrected chi connectivity index (χ4v) is 1.38. The Kier molecular flexibility index (Phi) is 4.98. The number of ether oxygens (including phenoxy) is 3. The van der Waals surface area contributed by atoms with Gasteiger partial charge in [0.25, 0.3) is 0 Å². The molecule has 0 spiro atoms. The van der Waals surface area contributed by atoms with Gasteiger partial charge in [0.15, 0.2) is 11.5 Å². The van der Waals surface area contributed by atoms with E-state index >= 15 is 0 Å². The van der Waals surface area contributed by atoms with Crippen LogP contribution in [0.3, 0.4) is 0 Å². The quantitative estimate of drug-likeness (QED) is 0.762. The molecule has 1 rings (SSSR count). The molecule has 0 radical (unpaired) electrons. The Labute approximate surface area is 106 Å². The maximum absolute atomic E-state index is 6.84. The van der Waals surface area contributed by atoms with Crippen molar-refractivity contribution in [2.24, 2.45) is 5.11 Å². The topological polar surface area (TPSA) is 75.9 Å². The van der Waals surface area contributed by atoms with Crippen LogP contribution in [0.1, 0.15) is 6.92 Å². The molecule has 2 N–H and O–H groups in total. The van der Waals surface area contributed by atoms with Crippen molar-refractivity contribution >= 4 is 5.69 Å². The lowest BCUT2D eigenvalue weighted by atomic mass is 10.2. The molecule has 0 aliphatic rings. The third-order valence-corrected chi connectivity index (χ3v) is 2.29. The maximum Gasteiger partial charge on any atom is 0.203 e. The Hall–Kier alpha value is -2.24. The van der Waals surface area contributed by atoms with Crippen molar-refractivity contribution in [1.82, 2.24) is 0 Å². The summed E-state index contributed by atoms with van der Waals surface area (Å²) in [5.74, 6) is 1.66. The normalized spacial score (nSPS) is 10.8. The third-order valence-electron chi connectivity index (χ3n) is 2.29. The summed E-state index contributed by atoms with van der Waals surface area (Å²) in [4.78, 5) is 0. The second kappa shape index (κ2) is 6.48. The summed E-state index contributed by atoms with van der Waals surface area (Å²) in [5.41, 5.74) is 8.16. The molecule has 6 nitrogen and oxygen atoms in total. The molecule has 98 valence electrons. The van der Waals surface area contributed by atoms with Gasteiger partial charge < -0.3 is 19.5 Å². The molecule has 0 heterocycles.